The van der Waals surface area contributed by atoms with Gasteiger partial charge in [0.2, 0.25) is 5.95 Å². The Balaban J connectivity index is 2.34. The summed E-state index contributed by atoms with van der Waals surface area (Å²) in [6, 6.07) is 0. The van der Waals surface area contributed by atoms with Crippen LogP contribution in [0, 0.1) is 0 Å². The van der Waals surface area contributed by atoms with E-state index in [0.717, 1.165) is 0 Å². The van der Waals surface area contributed by atoms with Gasteiger partial charge >= 0.3 is 0 Å². The largest absolute Gasteiger partial charge is 0.494 e. The van der Waals surface area contributed by atoms with Gasteiger partial charge in [0.25, 0.3) is 0 Å². The number of nitrogens with one attached hydrogen (secondary N) is 1. The third-order valence-corrected chi connectivity index (χ3v) is 3.10. The molecule has 0 aliphatic heterocycles. The van der Waals surface area contributed by atoms with Crippen LogP contribution in [-0.4, -0.2) is 39.3 Å². The maximum absolute atomic E-state index is 11.1. The van der Waals surface area contributed by atoms with Gasteiger partial charge in [-0.15, -0.1) is 0 Å². The Kier molecular flexibility index (Phi) is 5.03. The van der Waals surface area contributed by atoms with Crippen LogP contribution < -0.4 is 10.1 Å². The van der Waals surface area contributed by atoms with Crippen molar-refractivity contribution in [1.29, 1.82) is 0 Å². The van der Waals surface area contributed by atoms with Crippen molar-refractivity contribution >= 4 is 16.7 Å². The molecule has 15 heavy (non-hydrogen) atoms. The second-order valence-corrected chi connectivity index (χ2v) is 4.67. The zero-order valence-electron chi connectivity index (χ0n) is 8.90. The number of aromatic nitrogens is 2. The third kappa shape index (κ3) is 4.24. The second-order valence-electron chi connectivity index (χ2n) is 2.81. The summed E-state index contributed by atoms with van der Waals surface area (Å²) in [5.41, 5.74) is 0. The van der Waals surface area contributed by atoms with E-state index in [0.29, 0.717) is 29.7 Å². The average molecular weight is 229 g/mol. The predicted octanol–water partition coefficient (Wildman–Crippen LogP) is 0.666. The van der Waals surface area contributed by atoms with E-state index in [1.165, 1.54) is 0 Å². The van der Waals surface area contributed by atoms with E-state index < -0.39 is 10.8 Å². The molecule has 5 nitrogen and oxygen atoms in total. The van der Waals surface area contributed by atoms with Crippen LogP contribution in [0.4, 0.5) is 5.95 Å². The molecule has 0 saturated carbocycles. The van der Waals surface area contributed by atoms with E-state index in [2.05, 4.69) is 15.3 Å². The van der Waals surface area contributed by atoms with Crippen LogP contribution in [0.3, 0.4) is 0 Å². The molecule has 1 aromatic rings. The van der Waals surface area contributed by atoms with Crippen LogP contribution in [-0.2, 0) is 10.8 Å². The molecule has 0 radical (unpaired) electrons. The lowest BCUT2D eigenvalue weighted by atomic mass is 10.6. The standard InChI is InChI=1S/C9H15N3O2S/c1-3-15(13)5-4-10-9-11-6-8(14-2)7-12-9/h6-7H,3-5H2,1-2H3,(H,10,11,12). The fraction of sp³-hybridized carbons (Fsp3) is 0.556. The Bertz CT molecular complexity index is 316. The molecular weight excluding hydrogens is 214 g/mol. The van der Waals surface area contributed by atoms with Crippen LogP contribution in [0.15, 0.2) is 12.4 Å². The van der Waals surface area contributed by atoms with Crippen LogP contribution in [0.2, 0.25) is 0 Å². The molecule has 84 valence electrons. The quantitative estimate of drug-likeness (QED) is 0.776. The maximum Gasteiger partial charge on any atom is 0.222 e. The molecule has 1 aromatic heterocycles. The normalized spacial score (nSPS) is 12.1. The van der Waals surface area contributed by atoms with E-state index in [1.807, 2.05) is 6.92 Å². The lowest BCUT2D eigenvalue weighted by Crippen LogP contribution is -2.13. The Hall–Kier alpha value is -1.17. The summed E-state index contributed by atoms with van der Waals surface area (Å²) in [7, 11) is 0.816. The molecule has 1 atom stereocenters. The van der Waals surface area contributed by atoms with Gasteiger partial charge in [-0.25, -0.2) is 9.97 Å². The first-order valence-electron chi connectivity index (χ1n) is 4.71. The first kappa shape index (κ1) is 11.9. The van der Waals surface area contributed by atoms with Gasteiger partial charge in [0, 0.05) is 28.9 Å². The highest BCUT2D eigenvalue weighted by Crippen LogP contribution is 2.06. The monoisotopic (exact) mass is 229 g/mol. The van der Waals surface area contributed by atoms with E-state index in [9.17, 15) is 4.21 Å². The summed E-state index contributed by atoms with van der Waals surface area (Å²) < 4.78 is 16.0. The zero-order valence-corrected chi connectivity index (χ0v) is 9.71. The van der Waals surface area contributed by atoms with Crippen molar-refractivity contribution in [3.05, 3.63) is 12.4 Å². The zero-order chi connectivity index (χ0) is 11.1. The van der Waals surface area contributed by atoms with E-state index in [1.54, 1.807) is 19.5 Å². The van der Waals surface area contributed by atoms with Crippen molar-refractivity contribution in [2.24, 2.45) is 0 Å². The number of ether oxygens (including phenoxy) is 1. The molecule has 0 amide bonds. The van der Waals surface area contributed by atoms with Crippen molar-refractivity contribution in [2.45, 2.75) is 6.92 Å². The molecule has 0 bridgehead atoms. The summed E-state index contributed by atoms with van der Waals surface area (Å²) in [5.74, 6) is 2.46. The summed E-state index contributed by atoms with van der Waals surface area (Å²) in [5, 5.41) is 2.99. The molecular formula is C9H15N3O2S. The second kappa shape index (κ2) is 6.34. The highest BCUT2D eigenvalue weighted by atomic mass is 32.2. The minimum Gasteiger partial charge on any atom is -0.494 e. The maximum atomic E-state index is 11.1. The summed E-state index contributed by atoms with van der Waals surface area (Å²) >= 11 is 0. The predicted molar refractivity (Wildman–Crippen MR) is 60.6 cm³/mol. The smallest absolute Gasteiger partial charge is 0.222 e. The fourth-order valence-electron chi connectivity index (χ4n) is 0.934. The molecule has 0 aliphatic rings. The Morgan fingerprint density at radius 2 is 2.13 bits per heavy atom. The Labute approximate surface area is 91.7 Å². The van der Waals surface area contributed by atoms with Crippen molar-refractivity contribution in [3.63, 3.8) is 0 Å². The van der Waals surface area contributed by atoms with E-state index in [-0.39, 0.29) is 0 Å². The molecule has 0 aromatic carbocycles. The lowest BCUT2D eigenvalue weighted by Gasteiger charge is -2.04. The number of nitrogens with zero attached hydrogens (tertiary/aromatic N) is 2. The number of rotatable bonds is 6. The molecule has 0 aliphatic carbocycles. The van der Waals surface area contributed by atoms with Crippen LogP contribution in [0.1, 0.15) is 6.92 Å². The average Bonchev–Trinajstić information content (AvgIpc) is 2.29. The van der Waals surface area contributed by atoms with Gasteiger partial charge in [-0.1, -0.05) is 6.92 Å². The van der Waals surface area contributed by atoms with Crippen molar-refractivity contribution in [3.8, 4) is 5.75 Å². The van der Waals surface area contributed by atoms with Crippen molar-refractivity contribution < 1.29 is 8.95 Å². The summed E-state index contributed by atoms with van der Waals surface area (Å²) in [6.45, 7) is 2.52. The molecule has 1 heterocycles. The fourth-order valence-corrected chi connectivity index (χ4v) is 1.55. The van der Waals surface area contributed by atoms with Crippen molar-refractivity contribution in [2.75, 3.05) is 30.5 Å². The van der Waals surface area contributed by atoms with Gasteiger partial charge in [0.05, 0.1) is 19.5 Å². The minimum absolute atomic E-state index is 0.531. The number of anilines is 1. The molecule has 1 rings (SSSR count). The number of methoxy groups -OCH3 is 1. The Morgan fingerprint density at radius 1 is 1.47 bits per heavy atom. The van der Waals surface area contributed by atoms with Crippen LogP contribution >= 0.6 is 0 Å². The highest BCUT2D eigenvalue weighted by molar-refractivity contribution is 7.84. The summed E-state index contributed by atoms with van der Waals surface area (Å²) in [6.07, 6.45) is 3.18. The molecule has 0 fully saturated rings. The van der Waals surface area contributed by atoms with E-state index >= 15 is 0 Å². The molecule has 1 N–H and O–H groups in total. The van der Waals surface area contributed by atoms with Gasteiger partial charge in [0.1, 0.15) is 0 Å². The van der Waals surface area contributed by atoms with Crippen LogP contribution in [0.25, 0.3) is 0 Å². The van der Waals surface area contributed by atoms with Crippen molar-refractivity contribution in [1.82, 2.24) is 9.97 Å². The van der Waals surface area contributed by atoms with Gasteiger partial charge in [-0.05, 0) is 0 Å². The van der Waals surface area contributed by atoms with Gasteiger partial charge in [-0.3, -0.25) is 4.21 Å². The topological polar surface area (TPSA) is 64.1 Å². The molecule has 0 saturated heterocycles. The van der Waals surface area contributed by atoms with Gasteiger partial charge < -0.3 is 10.1 Å². The first-order chi connectivity index (χ1) is 7.26. The number of hydrogen-bond acceptors (Lipinski definition) is 5. The molecule has 1 unspecified atom stereocenters. The molecule has 0 spiro atoms. The highest BCUT2D eigenvalue weighted by Gasteiger charge is 1.98. The summed E-state index contributed by atoms with van der Waals surface area (Å²) in [4.78, 5) is 8.05. The lowest BCUT2D eigenvalue weighted by molar-refractivity contribution is 0.411. The number of hydrogen-bond donors (Lipinski definition) is 1. The molecule has 6 heteroatoms. The Morgan fingerprint density at radius 3 is 2.67 bits per heavy atom. The SMILES string of the molecule is CCS(=O)CCNc1ncc(OC)cn1. The van der Waals surface area contributed by atoms with Gasteiger partial charge in [0.15, 0.2) is 5.75 Å². The minimum atomic E-state index is -0.749. The van der Waals surface area contributed by atoms with Gasteiger partial charge in [-0.2, -0.15) is 0 Å². The van der Waals surface area contributed by atoms with E-state index in [4.69, 9.17) is 4.74 Å². The first-order valence-corrected chi connectivity index (χ1v) is 6.20. The third-order valence-electron chi connectivity index (χ3n) is 1.80. The van der Waals surface area contributed by atoms with Crippen LogP contribution in [0.5, 0.6) is 5.75 Å².